The van der Waals surface area contributed by atoms with Gasteiger partial charge in [0.15, 0.2) is 14.3 Å². The minimum absolute atomic E-state index is 0.819. The fourth-order valence-corrected chi connectivity index (χ4v) is 12.1. The third kappa shape index (κ3) is 4.10. The monoisotopic (exact) mass is 602 g/mol. The highest BCUT2D eigenvalue weighted by Crippen LogP contribution is 2.47. The van der Waals surface area contributed by atoms with E-state index in [1.807, 2.05) is 121 Å². The van der Waals surface area contributed by atoms with Gasteiger partial charge in [0.1, 0.15) is 0 Å². The summed E-state index contributed by atoms with van der Waals surface area (Å²) in [5, 5.41) is 11.4. The molecule has 210 valence electrons. The van der Waals surface area contributed by atoms with Crippen LogP contribution >= 0.6 is 14.3 Å². The Labute approximate surface area is 256 Å². The molecule has 0 fully saturated rings. The summed E-state index contributed by atoms with van der Waals surface area (Å²) in [7, 11) is -6.26. The van der Waals surface area contributed by atoms with Crippen LogP contribution in [0, 0.1) is 0 Å². The lowest BCUT2D eigenvalue weighted by Crippen LogP contribution is -2.25. The van der Waals surface area contributed by atoms with E-state index in [1.54, 1.807) is 0 Å². The van der Waals surface area contributed by atoms with E-state index in [0.29, 0.717) is 0 Å². The van der Waals surface area contributed by atoms with E-state index in [2.05, 4.69) is 48.5 Å². The van der Waals surface area contributed by atoms with Gasteiger partial charge in [0.25, 0.3) is 0 Å². The van der Waals surface area contributed by atoms with Crippen molar-refractivity contribution >= 4 is 78.4 Å². The summed E-state index contributed by atoms with van der Waals surface area (Å²) in [6, 6.07) is 56.1. The molecule has 8 rings (SSSR count). The van der Waals surface area contributed by atoms with E-state index < -0.39 is 14.3 Å². The van der Waals surface area contributed by atoms with E-state index >= 15 is 9.13 Å². The van der Waals surface area contributed by atoms with Crippen molar-refractivity contribution in [2.24, 2.45) is 0 Å². The molecular formula is C40H28O2P2. The summed E-state index contributed by atoms with van der Waals surface area (Å²) in [6.07, 6.45) is 0. The van der Waals surface area contributed by atoms with Gasteiger partial charge < -0.3 is 9.13 Å². The summed E-state index contributed by atoms with van der Waals surface area (Å²) in [4.78, 5) is 0. The van der Waals surface area contributed by atoms with E-state index in [1.165, 1.54) is 0 Å². The van der Waals surface area contributed by atoms with Gasteiger partial charge in [0.2, 0.25) is 0 Å². The fraction of sp³-hybridized carbons (Fsp3) is 0. The van der Waals surface area contributed by atoms with E-state index in [-0.39, 0.29) is 0 Å². The normalized spacial score (nSPS) is 12.3. The second-order valence-corrected chi connectivity index (χ2v) is 16.8. The van der Waals surface area contributed by atoms with Crippen LogP contribution in [0.3, 0.4) is 0 Å². The molecule has 0 unspecified atom stereocenters. The molecule has 0 heterocycles. The predicted molar refractivity (Wildman–Crippen MR) is 189 cm³/mol. The molecule has 0 saturated heterocycles. The minimum atomic E-state index is -3.13. The highest BCUT2D eigenvalue weighted by molar-refractivity contribution is 7.85. The van der Waals surface area contributed by atoms with Crippen LogP contribution < -0.4 is 31.8 Å². The van der Waals surface area contributed by atoms with Gasteiger partial charge in [-0.3, -0.25) is 0 Å². The molecular weight excluding hydrogens is 574 g/mol. The molecule has 0 amide bonds. The highest BCUT2D eigenvalue weighted by atomic mass is 31.2. The lowest BCUT2D eigenvalue weighted by atomic mass is 9.94. The molecule has 4 heteroatoms. The van der Waals surface area contributed by atoms with Gasteiger partial charge in [-0.1, -0.05) is 146 Å². The smallest absolute Gasteiger partial charge is 0.171 e. The second kappa shape index (κ2) is 10.5. The third-order valence-electron chi connectivity index (χ3n) is 8.71. The molecule has 0 aromatic heterocycles. The van der Waals surface area contributed by atoms with Gasteiger partial charge in [0.05, 0.1) is 0 Å². The van der Waals surface area contributed by atoms with Crippen molar-refractivity contribution in [3.63, 3.8) is 0 Å². The Morgan fingerprint density at radius 2 is 0.500 bits per heavy atom. The van der Waals surface area contributed by atoms with Crippen LogP contribution in [0.5, 0.6) is 0 Å². The minimum Gasteiger partial charge on any atom is -0.309 e. The molecule has 2 nitrogen and oxygen atoms in total. The average molecular weight is 603 g/mol. The summed E-state index contributed by atoms with van der Waals surface area (Å²) in [5.74, 6) is 0. The molecule has 0 atom stereocenters. The second-order valence-electron chi connectivity index (χ2n) is 11.2. The van der Waals surface area contributed by atoms with Crippen molar-refractivity contribution < 1.29 is 9.13 Å². The topological polar surface area (TPSA) is 34.1 Å². The number of benzene rings is 8. The van der Waals surface area contributed by atoms with Crippen LogP contribution in [-0.4, -0.2) is 0 Å². The Bertz CT molecular complexity index is 2050. The SMILES string of the molecule is O=P(c1ccccc1)(c1ccccc1)c1cc2ccc3cc(P(=O)(c4ccccc4)c4ccccc4)cc4ccc(c1)c2c34. The van der Waals surface area contributed by atoms with Gasteiger partial charge in [-0.05, 0) is 56.6 Å². The molecule has 0 spiro atoms. The Hall–Kier alpha value is -4.74. The summed E-state index contributed by atoms with van der Waals surface area (Å²) < 4.78 is 30.4. The standard InChI is InChI=1S/C40H28O2P2/c41-43(33-13-5-1-6-14-33,34-15-7-2-8-16-34)37-25-29-21-23-31-27-38(28-32-24-22-30(26-37)39(29)40(31)32)44(42,35-17-9-3-10-18-35)36-19-11-4-12-20-36/h1-28H. The maximum Gasteiger partial charge on any atom is 0.171 e. The zero-order valence-electron chi connectivity index (χ0n) is 23.9. The summed E-state index contributed by atoms with van der Waals surface area (Å²) >= 11 is 0. The highest BCUT2D eigenvalue weighted by Gasteiger charge is 2.32. The lowest BCUT2D eigenvalue weighted by Gasteiger charge is -2.23. The van der Waals surface area contributed by atoms with Gasteiger partial charge >= 0.3 is 0 Å². The maximum atomic E-state index is 15.2. The predicted octanol–water partition coefficient (Wildman–Crippen LogP) is 7.86. The summed E-state index contributed by atoms with van der Waals surface area (Å²) in [6.45, 7) is 0. The zero-order valence-corrected chi connectivity index (χ0v) is 25.7. The fourth-order valence-electron chi connectivity index (χ4n) is 6.61. The molecule has 0 N–H and O–H groups in total. The Kier molecular flexibility index (Phi) is 6.38. The molecule has 44 heavy (non-hydrogen) atoms. The van der Waals surface area contributed by atoms with Crippen molar-refractivity contribution in [1.29, 1.82) is 0 Å². The van der Waals surface area contributed by atoms with Gasteiger partial charge in [-0.15, -0.1) is 0 Å². The van der Waals surface area contributed by atoms with Gasteiger partial charge in [-0.25, -0.2) is 0 Å². The first-order valence-electron chi connectivity index (χ1n) is 14.7. The van der Waals surface area contributed by atoms with Crippen molar-refractivity contribution in [2.45, 2.75) is 0 Å². The first kappa shape index (κ1) is 26.9. The molecule has 0 radical (unpaired) electrons. The van der Waals surface area contributed by atoms with Crippen molar-refractivity contribution in [3.05, 3.63) is 170 Å². The van der Waals surface area contributed by atoms with Gasteiger partial charge in [0, 0.05) is 31.8 Å². The molecule has 0 aliphatic heterocycles. The average Bonchev–Trinajstić information content (AvgIpc) is 3.11. The van der Waals surface area contributed by atoms with Crippen LogP contribution in [0.15, 0.2) is 170 Å². The Morgan fingerprint density at radius 3 is 0.727 bits per heavy atom. The maximum absolute atomic E-state index is 15.2. The van der Waals surface area contributed by atoms with Crippen molar-refractivity contribution in [1.82, 2.24) is 0 Å². The number of rotatable bonds is 6. The zero-order chi connectivity index (χ0) is 29.7. The van der Waals surface area contributed by atoms with Crippen LogP contribution in [0.25, 0.3) is 32.3 Å². The number of hydrogen-bond acceptors (Lipinski definition) is 2. The molecule has 0 aliphatic carbocycles. The number of hydrogen-bond donors (Lipinski definition) is 0. The third-order valence-corrected chi connectivity index (χ3v) is 14.8. The van der Waals surface area contributed by atoms with Crippen molar-refractivity contribution in [2.75, 3.05) is 0 Å². The molecule has 8 aromatic rings. The van der Waals surface area contributed by atoms with Crippen LogP contribution in [0.2, 0.25) is 0 Å². The van der Waals surface area contributed by atoms with Gasteiger partial charge in [-0.2, -0.15) is 0 Å². The Morgan fingerprint density at radius 1 is 0.273 bits per heavy atom. The summed E-state index contributed by atoms with van der Waals surface area (Å²) in [5.41, 5.74) is 0. The van der Waals surface area contributed by atoms with Crippen LogP contribution in [-0.2, 0) is 9.13 Å². The largest absolute Gasteiger partial charge is 0.309 e. The van der Waals surface area contributed by atoms with Crippen molar-refractivity contribution in [3.8, 4) is 0 Å². The Balaban J connectivity index is 1.37. The van der Waals surface area contributed by atoms with Crippen LogP contribution in [0.4, 0.5) is 0 Å². The van der Waals surface area contributed by atoms with E-state index in [4.69, 9.17) is 0 Å². The van der Waals surface area contributed by atoms with Crippen LogP contribution in [0.1, 0.15) is 0 Å². The van der Waals surface area contributed by atoms with E-state index in [9.17, 15) is 0 Å². The first-order valence-corrected chi connectivity index (χ1v) is 18.1. The molecule has 0 bridgehead atoms. The quantitative estimate of drug-likeness (QED) is 0.143. The first-order chi connectivity index (χ1) is 21.6. The molecule has 0 aliphatic rings. The molecule has 0 saturated carbocycles. The lowest BCUT2D eigenvalue weighted by molar-refractivity contribution is 0.591. The molecule has 8 aromatic carbocycles. The van der Waals surface area contributed by atoms with E-state index in [0.717, 1.165) is 64.1 Å².